The van der Waals surface area contributed by atoms with E-state index in [1.54, 1.807) is 6.92 Å². The second-order valence-corrected chi connectivity index (χ2v) is 5.32. The Labute approximate surface area is 98.3 Å². The molecule has 2 N–H and O–H groups in total. The van der Waals surface area contributed by atoms with Crippen molar-refractivity contribution in [1.29, 1.82) is 0 Å². The fourth-order valence-corrected chi connectivity index (χ4v) is 2.52. The van der Waals surface area contributed by atoms with E-state index in [-0.39, 0.29) is 17.9 Å². The zero-order chi connectivity index (χ0) is 13.1. The van der Waals surface area contributed by atoms with Crippen LogP contribution >= 0.6 is 0 Å². The standard InChI is InChI=1S/C10H13F2NO3S/c1-7(4-5-14)13-17(15,16)8-2-3-9(11)10(12)6-8/h2-3,6-7,13-14H,4-5H2,1H3. The molecule has 0 heterocycles. The molecule has 0 aliphatic carbocycles. The number of benzene rings is 1. The Hall–Kier alpha value is -1.05. The van der Waals surface area contributed by atoms with Gasteiger partial charge in [0.25, 0.3) is 0 Å². The van der Waals surface area contributed by atoms with Gasteiger partial charge in [-0.3, -0.25) is 0 Å². The number of hydrogen-bond donors (Lipinski definition) is 2. The number of halogens is 2. The van der Waals surface area contributed by atoms with Gasteiger partial charge < -0.3 is 5.11 Å². The van der Waals surface area contributed by atoms with Crippen molar-refractivity contribution < 1.29 is 22.3 Å². The van der Waals surface area contributed by atoms with E-state index >= 15 is 0 Å². The van der Waals surface area contributed by atoms with Crippen LogP contribution < -0.4 is 4.72 Å². The summed E-state index contributed by atoms with van der Waals surface area (Å²) in [5.41, 5.74) is 0. The summed E-state index contributed by atoms with van der Waals surface area (Å²) in [5.74, 6) is -2.32. The van der Waals surface area contributed by atoms with Crippen molar-refractivity contribution in [3.8, 4) is 0 Å². The molecular formula is C10H13F2NO3S. The van der Waals surface area contributed by atoms with E-state index in [1.807, 2.05) is 0 Å². The molecule has 7 heteroatoms. The molecule has 1 rings (SSSR count). The van der Waals surface area contributed by atoms with Crippen molar-refractivity contribution in [1.82, 2.24) is 4.72 Å². The van der Waals surface area contributed by atoms with Gasteiger partial charge in [-0.05, 0) is 31.5 Å². The molecule has 0 amide bonds. The monoisotopic (exact) mass is 265 g/mol. The molecule has 1 atom stereocenters. The van der Waals surface area contributed by atoms with Crippen molar-refractivity contribution >= 4 is 10.0 Å². The van der Waals surface area contributed by atoms with Crippen LogP contribution in [0.25, 0.3) is 0 Å². The fraction of sp³-hybridized carbons (Fsp3) is 0.400. The first-order valence-electron chi connectivity index (χ1n) is 4.95. The van der Waals surface area contributed by atoms with Crippen LogP contribution in [0.1, 0.15) is 13.3 Å². The third-order valence-corrected chi connectivity index (χ3v) is 3.71. The SMILES string of the molecule is CC(CCO)NS(=O)(=O)c1ccc(F)c(F)c1. The third kappa shape index (κ3) is 3.72. The van der Waals surface area contributed by atoms with E-state index in [2.05, 4.69) is 4.72 Å². The van der Waals surface area contributed by atoms with Gasteiger partial charge in [-0.2, -0.15) is 0 Å². The minimum absolute atomic E-state index is 0.165. The van der Waals surface area contributed by atoms with Crippen molar-refractivity contribution in [2.75, 3.05) is 6.61 Å². The van der Waals surface area contributed by atoms with Gasteiger partial charge in [-0.1, -0.05) is 0 Å². The first kappa shape index (κ1) is 14.0. The summed E-state index contributed by atoms with van der Waals surface area (Å²) in [6, 6.07) is 1.86. The van der Waals surface area contributed by atoms with E-state index in [0.717, 1.165) is 12.1 Å². The van der Waals surface area contributed by atoms with Gasteiger partial charge in [0, 0.05) is 12.6 Å². The Morgan fingerprint density at radius 1 is 1.35 bits per heavy atom. The molecule has 1 unspecified atom stereocenters. The molecule has 0 radical (unpaired) electrons. The highest BCUT2D eigenvalue weighted by Gasteiger charge is 2.18. The van der Waals surface area contributed by atoms with E-state index in [9.17, 15) is 17.2 Å². The first-order chi connectivity index (χ1) is 7.86. The van der Waals surface area contributed by atoms with Gasteiger partial charge in [-0.15, -0.1) is 0 Å². The lowest BCUT2D eigenvalue weighted by molar-refractivity contribution is 0.275. The van der Waals surface area contributed by atoms with Crippen LogP contribution in [-0.2, 0) is 10.0 Å². The number of aliphatic hydroxyl groups is 1. The molecule has 0 fully saturated rings. The Kier molecular flexibility index (Phi) is 4.55. The van der Waals surface area contributed by atoms with E-state index in [4.69, 9.17) is 5.11 Å². The quantitative estimate of drug-likeness (QED) is 0.835. The summed E-state index contributed by atoms with van der Waals surface area (Å²) in [6.07, 6.45) is 0.239. The maximum Gasteiger partial charge on any atom is 0.240 e. The Bertz CT molecular complexity index is 490. The Balaban J connectivity index is 2.93. The van der Waals surface area contributed by atoms with E-state index in [0.29, 0.717) is 6.07 Å². The number of rotatable bonds is 5. The van der Waals surface area contributed by atoms with Crippen LogP contribution in [0.2, 0.25) is 0 Å². The van der Waals surface area contributed by atoms with E-state index < -0.39 is 27.7 Å². The van der Waals surface area contributed by atoms with Crippen LogP contribution in [0.15, 0.2) is 23.1 Å². The second-order valence-electron chi connectivity index (χ2n) is 3.61. The average Bonchev–Trinajstić information content (AvgIpc) is 2.21. The fourth-order valence-electron chi connectivity index (χ4n) is 1.23. The largest absolute Gasteiger partial charge is 0.396 e. The Morgan fingerprint density at radius 3 is 2.53 bits per heavy atom. The normalized spacial score (nSPS) is 13.6. The maximum atomic E-state index is 12.9. The summed E-state index contributed by atoms with van der Waals surface area (Å²) >= 11 is 0. The van der Waals surface area contributed by atoms with Crippen molar-refractivity contribution in [2.24, 2.45) is 0 Å². The molecule has 0 saturated carbocycles. The molecule has 0 bridgehead atoms. The van der Waals surface area contributed by atoms with Crippen LogP contribution in [-0.4, -0.2) is 26.2 Å². The van der Waals surface area contributed by atoms with Gasteiger partial charge in [0.1, 0.15) is 0 Å². The van der Waals surface area contributed by atoms with Crippen LogP contribution in [0.4, 0.5) is 8.78 Å². The lowest BCUT2D eigenvalue weighted by Gasteiger charge is -2.12. The zero-order valence-corrected chi connectivity index (χ0v) is 9.97. The van der Waals surface area contributed by atoms with E-state index in [1.165, 1.54) is 0 Å². The summed E-state index contributed by atoms with van der Waals surface area (Å²) in [6.45, 7) is 1.40. The second kappa shape index (κ2) is 5.52. The lowest BCUT2D eigenvalue weighted by Crippen LogP contribution is -2.33. The van der Waals surface area contributed by atoms with Gasteiger partial charge in [0.05, 0.1) is 4.90 Å². The number of hydrogen-bond acceptors (Lipinski definition) is 3. The maximum absolute atomic E-state index is 12.9. The summed E-state index contributed by atoms with van der Waals surface area (Å²) in [4.78, 5) is -0.346. The highest BCUT2D eigenvalue weighted by molar-refractivity contribution is 7.89. The molecule has 0 aliphatic rings. The third-order valence-electron chi connectivity index (χ3n) is 2.12. The summed E-state index contributed by atoms with van der Waals surface area (Å²) in [5, 5.41) is 8.64. The van der Waals surface area contributed by atoms with Crippen molar-refractivity contribution in [2.45, 2.75) is 24.3 Å². The molecule has 1 aromatic rings. The molecule has 0 spiro atoms. The van der Waals surface area contributed by atoms with Crippen LogP contribution in [0.5, 0.6) is 0 Å². The summed E-state index contributed by atoms with van der Waals surface area (Å²) in [7, 11) is -3.89. The molecule has 0 aliphatic heterocycles. The number of nitrogens with one attached hydrogen (secondary N) is 1. The average molecular weight is 265 g/mol. The van der Waals surface area contributed by atoms with Gasteiger partial charge in [-0.25, -0.2) is 21.9 Å². The number of aliphatic hydroxyl groups excluding tert-OH is 1. The minimum Gasteiger partial charge on any atom is -0.396 e. The molecule has 4 nitrogen and oxygen atoms in total. The van der Waals surface area contributed by atoms with Gasteiger partial charge >= 0.3 is 0 Å². The summed E-state index contributed by atoms with van der Waals surface area (Å²) < 4.78 is 51.2. The first-order valence-corrected chi connectivity index (χ1v) is 6.43. The minimum atomic E-state index is -3.89. The molecule has 96 valence electrons. The lowest BCUT2D eigenvalue weighted by atomic mass is 10.3. The molecule has 1 aromatic carbocycles. The van der Waals surface area contributed by atoms with Crippen LogP contribution in [0.3, 0.4) is 0 Å². The van der Waals surface area contributed by atoms with Crippen molar-refractivity contribution in [3.63, 3.8) is 0 Å². The molecule has 0 aromatic heterocycles. The molecular weight excluding hydrogens is 252 g/mol. The number of sulfonamides is 1. The highest BCUT2D eigenvalue weighted by atomic mass is 32.2. The van der Waals surface area contributed by atoms with Gasteiger partial charge in [0.15, 0.2) is 11.6 Å². The predicted molar refractivity (Wildman–Crippen MR) is 57.8 cm³/mol. The highest BCUT2D eigenvalue weighted by Crippen LogP contribution is 2.14. The Morgan fingerprint density at radius 2 is 2.00 bits per heavy atom. The molecule has 17 heavy (non-hydrogen) atoms. The topological polar surface area (TPSA) is 66.4 Å². The zero-order valence-electron chi connectivity index (χ0n) is 9.15. The predicted octanol–water partition coefficient (Wildman–Crippen LogP) is 1.01. The van der Waals surface area contributed by atoms with Crippen molar-refractivity contribution in [3.05, 3.63) is 29.8 Å². The van der Waals surface area contributed by atoms with Gasteiger partial charge in [0.2, 0.25) is 10.0 Å². The van der Waals surface area contributed by atoms with Crippen LogP contribution in [0, 0.1) is 11.6 Å². The molecule has 0 saturated heterocycles. The smallest absolute Gasteiger partial charge is 0.240 e.